The molecule has 2 heterocycles. The van der Waals surface area contributed by atoms with Crippen molar-refractivity contribution in [3.8, 4) is 0 Å². The Morgan fingerprint density at radius 2 is 2.44 bits per heavy atom. The molecule has 1 aliphatic rings. The number of thiophene rings is 1. The van der Waals surface area contributed by atoms with Crippen molar-refractivity contribution in [3.63, 3.8) is 0 Å². The number of hydrogen-bond donors (Lipinski definition) is 1. The lowest BCUT2D eigenvalue weighted by atomic mass is 9.98. The highest BCUT2D eigenvalue weighted by Gasteiger charge is 2.34. The second-order valence-corrected chi connectivity index (χ2v) is 5.94. The summed E-state index contributed by atoms with van der Waals surface area (Å²) in [5.41, 5.74) is 7.34. The van der Waals surface area contributed by atoms with Crippen molar-refractivity contribution in [2.75, 3.05) is 6.54 Å². The van der Waals surface area contributed by atoms with Gasteiger partial charge in [-0.1, -0.05) is 20.3 Å². The standard InChI is InChI=1S/C14H22N2OS/c1-3-10(2)13(15)14(17)16-7-4-5-12(16)11-6-8-18-9-11/h6,8-10,12-13H,3-5,7,15H2,1-2H3. The quantitative estimate of drug-likeness (QED) is 0.911. The lowest BCUT2D eigenvalue weighted by molar-refractivity contribution is -0.134. The highest BCUT2D eigenvalue weighted by Crippen LogP contribution is 2.33. The lowest BCUT2D eigenvalue weighted by Gasteiger charge is -2.29. The minimum atomic E-state index is -0.353. The maximum atomic E-state index is 12.5. The van der Waals surface area contributed by atoms with E-state index in [0.29, 0.717) is 0 Å². The smallest absolute Gasteiger partial charge is 0.240 e. The zero-order chi connectivity index (χ0) is 13.1. The van der Waals surface area contributed by atoms with Crippen LogP contribution in [0.1, 0.15) is 44.7 Å². The Hall–Kier alpha value is -0.870. The fourth-order valence-corrected chi connectivity index (χ4v) is 3.24. The van der Waals surface area contributed by atoms with E-state index in [2.05, 4.69) is 30.7 Å². The number of carbonyl (C=O) groups is 1. The van der Waals surface area contributed by atoms with Gasteiger partial charge in [-0.05, 0) is 41.1 Å². The summed E-state index contributed by atoms with van der Waals surface area (Å²) in [6.07, 6.45) is 3.10. The summed E-state index contributed by atoms with van der Waals surface area (Å²) >= 11 is 1.69. The summed E-state index contributed by atoms with van der Waals surface area (Å²) in [4.78, 5) is 14.4. The molecule has 1 aromatic rings. The first-order valence-electron chi connectivity index (χ1n) is 6.73. The van der Waals surface area contributed by atoms with Gasteiger partial charge in [0.05, 0.1) is 12.1 Å². The topological polar surface area (TPSA) is 46.3 Å². The highest BCUT2D eigenvalue weighted by molar-refractivity contribution is 7.07. The summed E-state index contributed by atoms with van der Waals surface area (Å²) in [7, 11) is 0. The molecular weight excluding hydrogens is 244 g/mol. The van der Waals surface area contributed by atoms with Gasteiger partial charge in [0.1, 0.15) is 0 Å². The molecule has 1 fully saturated rings. The summed E-state index contributed by atoms with van der Waals surface area (Å²) in [6.45, 7) is 4.99. The molecule has 3 unspecified atom stereocenters. The van der Waals surface area contributed by atoms with Crippen LogP contribution in [0.5, 0.6) is 0 Å². The van der Waals surface area contributed by atoms with Gasteiger partial charge in [0, 0.05) is 6.54 Å². The number of nitrogens with zero attached hydrogens (tertiary/aromatic N) is 1. The van der Waals surface area contributed by atoms with Crippen molar-refractivity contribution in [2.45, 2.75) is 45.2 Å². The molecule has 0 spiro atoms. The number of amides is 1. The zero-order valence-electron chi connectivity index (χ0n) is 11.1. The van der Waals surface area contributed by atoms with E-state index in [1.54, 1.807) is 11.3 Å². The number of carbonyl (C=O) groups excluding carboxylic acids is 1. The summed E-state index contributed by atoms with van der Waals surface area (Å²) in [5, 5.41) is 4.22. The Morgan fingerprint density at radius 1 is 1.67 bits per heavy atom. The van der Waals surface area contributed by atoms with Crippen LogP contribution in [-0.2, 0) is 4.79 Å². The van der Waals surface area contributed by atoms with E-state index in [4.69, 9.17) is 5.73 Å². The van der Waals surface area contributed by atoms with Crippen LogP contribution in [0.4, 0.5) is 0 Å². The van der Waals surface area contributed by atoms with Crippen molar-refractivity contribution in [3.05, 3.63) is 22.4 Å². The summed E-state index contributed by atoms with van der Waals surface area (Å²) in [5.74, 6) is 0.374. The van der Waals surface area contributed by atoms with E-state index < -0.39 is 0 Å². The first kappa shape index (κ1) is 13.6. The SMILES string of the molecule is CCC(C)C(N)C(=O)N1CCCC1c1ccsc1. The number of nitrogens with two attached hydrogens (primary N) is 1. The van der Waals surface area contributed by atoms with Gasteiger partial charge in [0.25, 0.3) is 0 Å². The predicted octanol–water partition coefficient (Wildman–Crippen LogP) is 2.79. The van der Waals surface area contributed by atoms with Crippen LogP contribution in [0.3, 0.4) is 0 Å². The van der Waals surface area contributed by atoms with Crippen molar-refractivity contribution in [2.24, 2.45) is 11.7 Å². The minimum Gasteiger partial charge on any atom is -0.334 e. The Bertz CT molecular complexity index is 391. The largest absolute Gasteiger partial charge is 0.334 e. The van der Waals surface area contributed by atoms with Crippen molar-refractivity contribution < 1.29 is 4.79 Å². The molecule has 2 N–H and O–H groups in total. The molecule has 18 heavy (non-hydrogen) atoms. The number of rotatable bonds is 4. The lowest BCUT2D eigenvalue weighted by Crippen LogP contribution is -2.46. The highest BCUT2D eigenvalue weighted by atomic mass is 32.1. The normalized spacial score (nSPS) is 23.1. The molecule has 4 heteroatoms. The van der Waals surface area contributed by atoms with Crippen LogP contribution >= 0.6 is 11.3 Å². The third-order valence-electron chi connectivity index (χ3n) is 4.01. The Labute approximate surface area is 113 Å². The van der Waals surface area contributed by atoms with Gasteiger partial charge in [-0.25, -0.2) is 0 Å². The van der Waals surface area contributed by atoms with Gasteiger partial charge in [0.2, 0.25) is 5.91 Å². The molecule has 1 amide bonds. The van der Waals surface area contributed by atoms with Crippen LogP contribution in [0, 0.1) is 5.92 Å². The van der Waals surface area contributed by atoms with Crippen LogP contribution in [-0.4, -0.2) is 23.4 Å². The Kier molecular flexibility index (Phi) is 4.40. The van der Waals surface area contributed by atoms with Crippen LogP contribution in [0.2, 0.25) is 0 Å². The molecule has 0 aromatic carbocycles. The van der Waals surface area contributed by atoms with Gasteiger partial charge in [-0.3, -0.25) is 4.79 Å². The van der Waals surface area contributed by atoms with Crippen LogP contribution in [0.15, 0.2) is 16.8 Å². The predicted molar refractivity (Wildman–Crippen MR) is 75.4 cm³/mol. The maximum Gasteiger partial charge on any atom is 0.240 e. The van der Waals surface area contributed by atoms with Crippen LogP contribution in [0.25, 0.3) is 0 Å². The van der Waals surface area contributed by atoms with E-state index in [1.807, 2.05) is 4.90 Å². The molecule has 2 rings (SSSR count). The van der Waals surface area contributed by atoms with Crippen molar-refractivity contribution >= 4 is 17.2 Å². The molecule has 1 aromatic heterocycles. The monoisotopic (exact) mass is 266 g/mol. The second-order valence-electron chi connectivity index (χ2n) is 5.16. The maximum absolute atomic E-state index is 12.5. The Balaban J connectivity index is 2.10. The van der Waals surface area contributed by atoms with Gasteiger partial charge in [-0.15, -0.1) is 0 Å². The third-order valence-corrected chi connectivity index (χ3v) is 4.71. The van der Waals surface area contributed by atoms with Gasteiger partial charge < -0.3 is 10.6 Å². The van der Waals surface area contributed by atoms with E-state index in [1.165, 1.54) is 5.56 Å². The zero-order valence-corrected chi connectivity index (χ0v) is 12.0. The second kappa shape index (κ2) is 5.85. The molecular formula is C14H22N2OS. The van der Waals surface area contributed by atoms with Gasteiger partial charge in [-0.2, -0.15) is 11.3 Å². The first-order chi connectivity index (χ1) is 8.65. The number of hydrogen-bond acceptors (Lipinski definition) is 3. The van der Waals surface area contributed by atoms with Crippen molar-refractivity contribution in [1.82, 2.24) is 4.90 Å². The molecule has 100 valence electrons. The Morgan fingerprint density at radius 3 is 3.06 bits per heavy atom. The van der Waals surface area contributed by atoms with E-state index in [-0.39, 0.29) is 23.9 Å². The summed E-state index contributed by atoms with van der Waals surface area (Å²) in [6, 6.07) is 2.02. The third kappa shape index (κ3) is 2.59. The molecule has 0 aliphatic carbocycles. The van der Waals surface area contributed by atoms with E-state index in [0.717, 1.165) is 25.8 Å². The van der Waals surface area contributed by atoms with E-state index in [9.17, 15) is 4.79 Å². The molecule has 1 saturated heterocycles. The fourth-order valence-electron chi connectivity index (χ4n) is 2.53. The number of likely N-dealkylation sites (tertiary alicyclic amines) is 1. The average Bonchev–Trinajstić information content (AvgIpc) is 3.05. The van der Waals surface area contributed by atoms with E-state index >= 15 is 0 Å². The molecule has 3 atom stereocenters. The van der Waals surface area contributed by atoms with Gasteiger partial charge in [0.15, 0.2) is 0 Å². The minimum absolute atomic E-state index is 0.123. The average molecular weight is 266 g/mol. The molecule has 0 bridgehead atoms. The van der Waals surface area contributed by atoms with Gasteiger partial charge >= 0.3 is 0 Å². The first-order valence-corrected chi connectivity index (χ1v) is 7.67. The molecule has 1 aliphatic heterocycles. The molecule has 3 nitrogen and oxygen atoms in total. The molecule has 0 radical (unpaired) electrons. The molecule has 0 saturated carbocycles. The fraction of sp³-hybridized carbons (Fsp3) is 0.643. The summed E-state index contributed by atoms with van der Waals surface area (Å²) < 4.78 is 0. The van der Waals surface area contributed by atoms with Crippen LogP contribution < -0.4 is 5.73 Å². The van der Waals surface area contributed by atoms with Crippen molar-refractivity contribution in [1.29, 1.82) is 0 Å².